The second-order valence-corrected chi connectivity index (χ2v) is 14.3. The van der Waals surface area contributed by atoms with Crippen molar-refractivity contribution in [3.05, 3.63) is 99.8 Å². The Balaban J connectivity index is 1.58. The maximum absolute atomic E-state index is 14.5. The molecule has 3 aromatic rings. The molecule has 222 valence electrons. The molecule has 1 saturated carbocycles. The first kappa shape index (κ1) is 30.5. The number of hydrogen-bond acceptors (Lipinski definition) is 5. The topological polar surface area (TPSA) is 117 Å². The molecule has 1 aromatic heterocycles. The summed E-state index contributed by atoms with van der Waals surface area (Å²) in [6.07, 6.45) is 4.70. The number of pyridine rings is 1. The van der Waals surface area contributed by atoms with Gasteiger partial charge >= 0.3 is 5.97 Å². The number of rotatable bonds is 11. The Morgan fingerprint density at radius 3 is 2.45 bits per heavy atom. The minimum atomic E-state index is -3.76. The van der Waals surface area contributed by atoms with Crippen molar-refractivity contribution in [1.29, 1.82) is 0 Å². The zero-order valence-electron chi connectivity index (χ0n) is 23.1. The lowest BCUT2D eigenvalue weighted by Gasteiger charge is -2.52. The van der Waals surface area contributed by atoms with Gasteiger partial charge in [-0.15, -0.1) is 0 Å². The van der Waals surface area contributed by atoms with Gasteiger partial charge in [-0.3, -0.25) is 14.6 Å². The third kappa shape index (κ3) is 6.97. The van der Waals surface area contributed by atoms with Crippen molar-refractivity contribution >= 4 is 45.1 Å². The summed E-state index contributed by atoms with van der Waals surface area (Å²) >= 11 is 12.7. The number of carboxylic acids is 1. The summed E-state index contributed by atoms with van der Waals surface area (Å²) in [6.45, 7) is 1.71. The highest BCUT2D eigenvalue weighted by atomic mass is 35.5. The average Bonchev–Trinajstić information content (AvgIpc) is 3.77. The van der Waals surface area contributed by atoms with Crippen LogP contribution in [0, 0.1) is 11.3 Å². The molecule has 1 aliphatic heterocycles. The molecule has 8 nitrogen and oxygen atoms in total. The molecular weight excluding hydrogens is 597 g/mol. The maximum Gasteiger partial charge on any atom is 0.304 e. The molecule has 42 heavy (non-hydrogen) atoms. The van der Waals surface area contributed by atoms with Gasteiger partial charge in [-0.1, -0.05) is 60.5 Å². The number of likely N-dealkylation sites (tertiary alicyclic amines) is 1. The first-order chi connectivity index (χ1) is 20.0. The summed E-state index contributed by atoms with van der Waals surface area (Å²) in [4.78, 5) is 32.3. The van der Waals surface area contributed by atoms with Crippen molar-refractivity contribution in [2.45, 2.75) is 56.4 Å². The molecule has 1 saturated heterocycles. The van der Waals surface area contributed by atoms with Gasteiger partial charge in [-0.05, 0) is 72.2 Å². The molecule has 2 fully saturated rings. The number of carbonyl (C=O) groups excluding carboxylic acids is 1. The Morgan fingerprint density at radius 2 is 1.83 bits per heavy atom. The second kappa shape index (κ2) is 12.3. The van der Waals surface area contributed by atoms with E-state index in [-0.39, 0.29) is 42.9 Å². The van der Waals surface area contributed by atoms with Crippen LogP contribution in [0.5, 0.6) is 0 Å². The third-order valence-corrected chi connectivity index (χ3v) is 10.1. The van der Waals surface area contributed by atoms with Gasteiger partial charge in [-0.2, -0.15) is 0 Å². The highest BCUT2D eigenvalue weighted by Gasteiger charge is 2.54. The van der Waals surface area contributed by atoms with Crippen LogP contribution in [0.4, 0.5) is 0 Å². The van der Waals surface area contributed by atoms with Crippen molar-refractivity contribution in [3.63, 3.8) is 0 Å². The molecular formula is C31H33Cl2N3O5S. The Kier molecular flexibility index (Phi) is 8.94. The minimum absolute atomic E-state index is 0.00844. The Hall–Kier alpha value is -2.98. The smallest absolute Gasteiger partial charge is 0.304 e. The number of carboxylic acid groups (broad SMARTS) is 1. The molecule has 2 N–H and O–H groups in total. The molecule has 0 bridgehead atoms. The van der Waals surface area contributed by atoms with Crippen LogP contribution >= 0.6 is 23.2 Å². The minimum Gasteiger partial charge on any atom is -0.481 e. The van der Waals surface area contributed by atoms with Crippen molar-refractivity contribution in [2.24, 2.45) is 11.3 Å². The monoisotopic (exact) mass is 629 g/mol. The summed E-state index contributed by atoms with van der Waals surface area (Å²) in [5.41, 5.74) is 1.04. The molecule has 2 aliphatic rings. The van der Waals surface area contributed by atoms with Gasteiger partial charge in [0, 0.05) is 40.9 Å². The summed E-state index contributed by atoms with van der Waals surface area (Å²) < 4.78 is 29.0. The third-order valence-electron chi connectivity index (χ3n) is 8.25. The normalized spacial score (nSPS) is 23.5. The van der Waals surface area contributed by atoms with Crippen LogP contribution in [-0.2, 0) is 25.4 Å². The van der Waals surface area contributed by atoms with Gasteiger partial charge in [0.2, 0.25) is 15.9 Å². The SMILES string of the molecule is C[C@]1(CC(=O)O)CC(c2cccc(Cl)c2)[C@@H](c2ccc(Cl)cc2)N(C(CNS(=O)(=O)Cc2cccnc2)C2CC2)C1=O. The van der Waals surface area contributed by atoms with E-state index in [4.69, 9.17) is 23.2 Å². The van der Waals surface area contributed by atoms with Gasteiger partial charge < -0.3 is 10.0 Å². The lowest BCUT2D eigenvalue weighted by molar-refractivity contribution is -0.161. The van der Waals surface area contributed by atoms with Gasteiger partial charge in [-0.25, -0.2) is 13.1 Å². The first-order valence-electron chi connectivity index (χ1n) is 13.9. The van der Waals surface area contributed by atoms with Crippen LogP contribution < -0.4 is 4.72 Å². The fraction of sp³-hybridized carbons (Fsp3) is 0.387. The van der Waals surface area contributed by atoms with Crippen LogP contribution in [0.3, 0.4) is 0 Å². The maximum atomic E-state index is 14.5. The fourth-order valence-electron chi connectivity index (χ4n) is 6.18. The molecule has 2 unspecified atom stereocenters. The lowest BCUT2D eigenvalue weighted by Crippen LogP contribution is -2.59. The van der Waals surface area contributed by atoms with Gasteiger partial charge in [0.25, 0.3) is 0 Å². The van der Waals surface area contributed by atoms with Crippen LogP contribution in [0.25, 0.3) is 0 Å². The van der Waals surface area contributed by atoms with Crippen LogP contribution in [-0.4, -0.2) is 47.9 Å². The van der Waals surface area contributed by atoms with Gasteiger partial charge in [0.15, 0.2) is 0 Å². The van der Waals surface area contributed by atoms with E-state index >= 15 is 0 Å². The number of halogens is 2. The average molecular weight is 631 g/mol. The predicted molar refractivity (Wildman–Crippen MR) is 162 cm³/mol. The number of hydrogen-bond donors (Lipinski definition) is 2. The van der Waals surface area contributed by atoms with Crippen LogP contribution in [0.15, 0.2) is 73.1 Å². The zero-order valence-corrected chi connectivity index (χ0v) is 25.4. The molecule has 1 aliphatic carbocycles. The van der Waals surface area contributed by atoms with Gasteiger partial charge in [0.1, 0.15) is 0 Å². The summed E-state index contributed by atoms with van der Waals surface area (Å²) in [6, 6.07) is 17.1. The number of nitrogens with one attached hydrogen (secondary N) is 1. The number of sulfonamides is 1. The molecule has 2 heterocycles. The number of piperidine rings is 1. The molecule has 5 rings (SSSR count). The van der Waals surface area contributed by atoms with Crippen LogP contribution in [0.2, 0.25) is 10.0 Å². The largest absolute Gasteiger partial charge is 0.481 e. The number of aromatic nitrogens is 1. The van der Waals surface area contributed by atoms with Crippen molar-refractivity contribution < 1.29 is 23.1 Å². The number of aliphatic carboxylic acids is 1. The highest BCUT2D eigenvalue weighted by molar-refractivity contribution is 7.88. The first-order valence-corrected chi connectivity index (χ1v) is 16.3. The predicted octanol–water partition coefficient (Wildman–Crippen LogP) is 5.82. The standard InChI is InChI=1S/C31H33Cl2N3O5S/c1-31(16-28(37)38)15-26(23-5-2-6-25(33)14-23)29(22-9-11-24(32)12-10-22)36(30(31)39)27(21-7-8-21)18-35-42(40,41)19-20-4-3-13-34-17-20/h2-6,9-14,17,21,26-27,29,35H,7-8,15-16,18-19H2,1H3,(H,37,38)/t26?,27?,29-,31-/m1/s1. The molecule has 4 atom stereocenters. The van der Waals surface area contributed by atoms with E-state index in [1.807, 2.05) is 30.3 Å². The van der Waals surface area contributed by atoms with E-state index in [1.165, 1.54) is 6.20 Å². The van der Waals surface area contributed by atoms with E-state index in [2.05, 4.69) is 9.71 Å². The van der Waals surface area contributed by atoms with E-state index in [9.17, 15) is 23.1 Å². The summed E-state index contributed by atoms with van der Waals surface area (Å²) in [7, 11) is -3.76. The molecule has 0 spiro atoms. The van der Waals surface area contributed by atoms with E-state index < -0.39 is 33.5 Å². The number of amides is 1. The Labute approximate surface area is 256 Å². The lowest BCUT2D eigenvalue weighted by atomic mass is 9.67. The second-order valence-electron chi connectivity index (χ2n) is 11.6. The summed E-state index contributed by atoms with van der Waals surface area (Å²) in [5.74, 6) is -1.85. The van der Waals surface area contributed by atoms with E-state index in [0.717, 1.165) is 24.0 Å². The highest BCUT2D eigenvalue weighted by Crippen LogP contribution is 2.54. The van der Waals surface area contributed by atoms with E-state index in [0.29, 0.717) is 15.6 Å². The number of carbonyl (C=O) groups is 2. The van der Waals surface area contributed by atoms with Crippen molar-refractivity contribution in [3.8, 4) is 0 Å². The molecule has 0 radical (unpaired) electrons. The fourth-order valence-corrected chi connectivity index (χ4v) is 7.65. The summed E-state index contributed by atoms with van der Waals surface area (Å²) in [5, 5.41) is 10.9. The van der Waals surface area contributed by atoms with Crippen molar-refractivity contribution in [2.75, 3.05) is 6.54 Å². The van der Waals surface area contributed by atoms with Gasteiger partial charge in [0.05, 0.1) is 23.6 Å². The molecule has 11 heteroatoms. The molecule has 1 amide bonds. The quantitative estimate of drug-likeness (QED) is 0.276. The zero-order chi connectivity index (χ0) is 30.1. The number of nitrogens with zero attached hydrogens (tertiary/aromatic N) is 2. The number of benzene rings is 2. The van der Waals surface area contributed by atoms with E-state index in [1.54, 1.807) is 48.4 Å². The Bertz CT molecular complexity index is 1550. The Morgan fingerprint density at radius 1 is 1.10 bits per heavy atom. The van der Waals surface area contributed by atoms with Crippen molar-refractivity contribution in [1.82, 2.24) is 14.6 Å². The van der Waals surface area contributed by atoms with Crippen LogP contribution in [0.1, 0.15) is 61.3 Å². The molecule has 2 aromatic carbocycles.